The second-order valence-electron chi connectivity index (χ2n) is 4.00. The molecule has 0 saturated heterocycles. The third-order valence-corrected chi connectivity index (χ3v) is 2.58. The fraction of sp³-hybridized carbons (Fsp3) is 0.231. The number of carboxylic acids is 1. The van der Waals surface area contributed by atoms with Gasteiger partial charge in [0.15, 0.2) is 6.10 Å². The van der Waals surface area contributed by atoms with E-state index in [1.165, 1.54) is 19.1 Å². The molecule has 0 aliphatic heterocycles. The molecular formula is C13H12O5. The number of rotatable bonds is 3. The molecular weight excluding hydrogens is 236 g/mol. The number of aliphatic carboxylic acids is 1. The monoisotopic (exact) mass is 248 g/mol. The van der Waals surface area contributed by atoms with Crippen LogP contribution in [-0.2, 0) is 4.79 Å². The lowest BCUT2D eigenvalue weighted by atomic mass is 10.1. The molecule has 94 valence electrons. The van der Waals surface area contributed by atoms with Gasteiger partial charge in [0.25, 0.3) is 0 Å². The summed E-state index contributed by atoms with van der Waals surface area (Å²) in [6.07, 6.45) is -0.959. The summed E-state index contributed by atoms with van der Waals surface area (Å²) in [4.78, 5) is 21.9. The maximum atomic E-state index is 11.2. The SMILES string of the molecule is Cc1cc(=O)oc2cc(OC(C)C(=O)O)ccc12. The van der Waals surface area contributed by atoms with Crippen molar-refractivity contribution in [1.29, 1.82) is 0 Å². The highest BCUT2D eigenvalue weighted by atomic mass is 16.5. The summed E-state index contributed by atoms with van der Waals surface area (Å²) in [5.74, 6) is -0.702. The number of ether oxygens (including phenoxy) is 1. The standard InChI is InChI=1S/C13H12O5/c1-7-5-12(14)18-11-6-9(3-4-10(7)11)17-8(2)13(15)16/h3-6,8H,1-2H3,(H,15,16). The van der Waals surface area contributed by atoms with Crippen molar-refractivity contribution in [2.75, 3.05) is 0 Å². The second-order valence-corrected chi connectivity index (χ2v) is 4.00. The first-order valence-electron chi connectivity index (χ1n) is 5.41. The van der Waals surface area contributed by atoms with E-state index in [-0.39, 0.29) is 0 Å². The predicted molar refractivity (Wildman–Crippen MR) is 64.9 cm³/mol. The summed E-state index contributed by atoms with van der Waals surface area (Å²) in [7, 11) is 0. The lowest BCUT2D eigenvalue weighted by Gasteiger charge is -2.10. The van der Waals surface area contributed by atoms with Crippen LogP contribution in [0.1, 0.15) is 12.5 Å². The summed E-state index contributed by atoms with van der Waals surface area (Å²) in [5.41, 5.74) is 0.748. The van der Waals surface area contributed by atoms with Gasteiger partial charge in [-0.1, -0.05) is 0 Å². The van der Waals surface area contributed by atoms with Gasteiger partial charge in [0.05, 0.1) is 0 Å². The van der Waals surface area contributed by atoms with E-state index in [9.17, 15) is 9.59 Å². The van der Waals surface area contributed by atoms with Gasteiger partial charge in [-0.25, -0.2) is 9.59 Å². The molecule has 0 saturated carbocycles. The van der Waals surface area contributed by atoms with Gasteiger partial charge < -0.3 is 14.3 Å². The van der Waals surface area contributed by atoms with Crippen LogP contribution < -0.4 is 10.4 Å². The molecule has 0 amide bonds. The van der Waals surface area contributed by atoms with E-state index >= 15 is 0 Å². The minimum atomic E-state index is -1.05. The number of benzene rings is 1. The molecule has 0 fully saturated rings. The summed E-state index contributed by atoms with van der Waals surface area (Å²) >= 11 is 0. The van der Waals surface area contributed by atoms with Crippen molar-refractivity contribution in [3.8, 4) is 5.75 Å². The lowest BCUT2D eigenvalue weighted by molar-refractivity contribution is -0.144. The van der Waals surface area contributed by atoms with Gasteiger partial charge in [-0.2, -0.15) is 0 Å². The van der Waals surface area contributed by atoms with Crippen molar-refractivity contribution in [3.63, 3.8) is 0 Å². The van der Waals surface area contributed by atoms with Gasteiger partial charge in [-0.15, -0.1) is 0 Å². The van der Waals surface area contributed by atoms with Crippen molar-refractivity contribution in [1.82, 2.24) is 0 Å². The topological polar surface area (TPSA) is 76.7 Å². The largest absolute Gasteiger partial charge is 0.479 e. The highest BCUT2D eigenvalue weighted by molar-refractivity contribution is 5.81. The molecule has 1 N–H and O–H groups in total. The van der Waals surface area contributed by atoms with Gasteiger partial charge in [-0.3, -0.25) is 0 Å². The summed E-state index contributed by atoms with van der Waals surface area (Å²) < 4.78 is 10.2. The third-order valence-electron chi connectivity index (χ3n) is 2.58. The van der Waals surface area contributed by atoms with Crippen LogP contribution in [0, 0.1) is 6.92 Å². The van der Waals surface area contributed by atoms with E-state index in [1.807, 2.05) is 0 Å². The molecule has 0 aliphatic rings. The molecule has 1 atom stereocenters. The van der Waals surface area contributed by atoms with E-state index < -0.39 is 17.7 Å². The highest BCUT2D eigenvalue weighted by Gasteiger charge is 2.13. The fourth-order valence-corrected chi connectivity index (χ4v) is 1.63. The van der Waals surface area contributed by atoms with Gasteiger partial charge in [0.1, 0.15) is 11.3 Å². The Morgan fingerprint density at radius 1 is 1.39 bits per heavy atom. The summed E-state index contributed by atoms with van der Waals surface area (Å²) in [6, 6.07) is 6.30. The van der Waals surface area contributed by atoms with Crippen LogP contribution in [0.15, 0.2) is 33.5 Å². The molecule has 5 heteroatoms. The van der Waals surface area contributed by atoms with Gasteiger partial charge >= 0.3 is 11.6 Å². The molecule has 0 radical (unpaired) electrons. The maximum Gasteiger partial charge on any atom is 0.344 e. The molecule has 5 nitrogen and oxygen atoms in total. The minimum absolute atomic E-state index is 0.353. The lowest BCUT2D eigenvalue weighted by Crippen LogP contribution is -2.22. The first-order valence-corrected chi connectivity index (χ1v) is 5.41. The first-order chi connectivity index (χ1) is 8.47. The van der Waals surface area contributed by atoms with Crippen molar-refractivity contribution in [2.45, 2.75) is 20.0 Å². The maximum absolute atomic E-state index is 11.2. The number of hydrogen-bond donors (Lipinski definition) is 1. The Bertz CT molecular complexity index is 656. The normalized spacial score (nSPS) is 12.3. The predicted octanol–water partition coefficient (Wildman–Crippen LogP) is 1.95. The van der Waals surface area contributed by atoms with Crippen molar-refractivity contribution in [3.05, 3.63) is 40.2 Å². The molecule has 2 rings (SSSR count). The smallest absolute Gasteiger partial charge is 0.344 e. The van der Waals surface area contributed by atoms with E-state index in [2.05, 4.69) is 0 Å². The van der Waals surface area contributed by atoms with Crippen LogP contribution in [0.3, 0.4) is 0 Å². The first kappa shape index (κ1) is 12.2. The number of fused-ring (bicyclic) bond motifs is 1. The Hall–Kier alpha value is -2.30. The molecule has 1 aromatic carbocycles. The van der Waals surface area contributed by atoms with E-state index in [0.717, 1.165) is 10.9 Å². The van der Waals surface area contributed by atoms with Crippen LogP contribution >= 0.6 is 0 Å². The van der Waals surface area contributed by atoms with Crippen molar-refractivity contribution < 1.29 is 19.1 Å². The zero-order valence-electron chi connectivity index (χ0n) is 9.97. The Labute approximate surface area is 103 Å². The van der Waals surface area contributed by atoms with E-state index in [0.29, 0.717) is 11.3 Å². The Morgan fingerprint density at radius 3 is 2.78 bits per heavy atom. The van der Waals surface area contributed by atoms with Gasteiger partial charge in [0.2, 0.25) is 0 Å². The Kier molecular flexibility index (Phi) is 3.06. The van der Waals surface area contributed by atoms with E-state index in [4.69, 9.17) is 14.3 Å². The Morgan fingerprint density at radius 2 is 2.11 bits per heavy atom. The van der Waals surface area contributed by atoms with E-state index in [1.54, 1.807) is 19.1 Å². The molecule has 18 heavy (non-hydrogen) atoms. The molecule has 1 unspecified atom stereocenters. The minimum Gasteiger partial charge on any atom is -0.479 e. The Balaban J connectivity index is 2.44. The zero-order chi connectivity index (χ0) is 13.3. The highest BCUT2D eigenvalue weighted by Crippen LogP contribution is 2.22. The van der Waals surface area contributed by atoms with Crippen molar-refractivity contribution in [2.24, 2.45) is 0 Å². The van der Waals surface area contributed by atoms with Crippen molar-refractivity contribution >= 4 is 16.9 Å². The van der Waals surface area contributed by atoms with Gasteiger partial charge in [-0.05, 0) is 31.5 Å². The molecule has 1 aromatic heterocycles. The van der Waals surface area contributed by atoms with Crippen LogP contribution in [0.25, 0.3) is 11.0 Å². The average Bonchev–Trinajstić information content (AvgIpc) is 2.27. The third kappa shape index (κ3) is 2.34. The number of carbonyl (C=O) groups is 1. The second kappa shape index (κ2) is 4.52. The fourth-order valence-electron chi connectivity index (χ4n) is 1.63. The number of carboxylic acid groups (broad SMARTS) is 1. The number of hydrogen-bond acceptors (Lipinski definition) is 4. The van der Waals surface area contributed by atoms with Crippen LogP contribution in [-0.4, -0.2) is 17.2 Å². The molecule has 1 heterocycles. The zero-order valence-corrected chi connectivity index (χ0v) is 9.97. The molecule has 0 spiro atoms. The average molecular weight is 248 g/mol. The molecule has 2 aromatic rings. The number of aryl methyl sites for hydroxylation is 1. The van der Waals surface area contributed by atoms with Gasteiger partial charge in [0, 0.05) is 17.5 Å². The summed E-state index contributed by atoms with van der Waals surface area (Å²) in [5, 5.41) is 9.54. The van der Waals surface area contributed by atoms with Crippen LogP contribution in [0.2, 0.25) is 0 Å². The molecule has 0 aliphatic carbocycles. The van der Waals surface area contributed by atoms with Crippen LogP contribution in [0.5, 0.6) is 5.75 Å². The quantitative estimate of drug-likeness (QED) is 0.840. The molecule has 0 bridgehead atoms. The van der Waals surface area contributed by atoms with Crippen LogP contribution in [0.4, 0.5) is 0 Å². The summed E-state index contributed by atoms with van der Waals surface area (Å²) in [6.45, 7) is 3.23.